The lowest BCUT2D eigenvalue weighted by Gasteiger charge is -2.20. The van der Waals surface area contributed by atoms with Crippen molar-refractivity contribution in [3.05, 3.63) is 24.3 Å². The van der Waals surface area contributed by atoms with Crippen molar-refractivity contribution >= 4 is 25.5 Å². The molecule has 0 amide bonds. The molecule has 0 fully saturated rings. The minimum absolute atomic E-state index is 0.0471. The Bertz CT molecular complexity index is 997. The third-order valence-electron chi connectivity index (χ3n) is 9.36. The predicted octanol–water partition coefficient (Wildman–Crippen LogP) is 13.0. The molecule has 2 atom stereocenters. The molecule has 0 aromatic rings. The first-order valence-corrected chi connectivity index (χ1v) is 23.5. The highest BCUT2D eigenvalue weighted by Gasteiger charge is 2.26. The summed E-state index contributed by atoms with van der Waals surface area (Å²) in [7, 11) is -4.45. The van der Waals surface area contributed by atoms with Crippen molar-refractivity contribution in [1.82, 2.24) is 0 Å². The van der Waals surface area contributed by atoms with E-state index in [2.05, 4.69) is 38.2 Å². The Labute approximate surface area is 330 Å². The number of hydrogen-bond acceptors (Lipinski definition) is 8. The maximum atomic E-state index is 12.6. The monoisotopic (exact) mass is 785 g/mol. The van der Waals surface area contributed by atoms with Crippen LogP contribution in [0.3, 0.4) is 0 Å². The summed E-state index contributed by atoms with van der Waals surface area (Å²) < 4.78 is 33.3. The molecule has 0 radical (unpaired) electrons. The normalized spacial score (nSPS) is 13.4. The Morgan fingerprint density at radius 2 is 0.926 bits per heavy atom. The lowest BCUT2D eigenvalue weighted by Crippen LogP contribution is -2.29. The second-order valence-corrected chi connectivity index (χ2v) is 16.3. The fourth-order valence-corrected chi connectivity index (χ4v) is 6.80. The number of unbranched alkanes of at least 4 members (excludes halogenated alkanes) is 22. The van der Waals surface area contributed by atoms with Crippen molar-refractivity contribution in [3.63, 3.8) is 0 Å². The van der Waals surface area contributed by atoms with Crippen molar-refractivity contribution in [1.29, 1.82) is 0 Å². The van der Waals surface area contributed by atoms with E-state index in [1.54, 1.807) is 0 Å². The molecular formula is C44H81O9P. The van der Waals surface area contributed by atoms with E-state index in [0.717, 1.165) is 64.2 Å². The molecule has 0 rings (SSSR count). The van der Waals surface area contributed by atoms with Gasteiger partial charge in [-0.2, -0.15) is 0 Å². The Kier molecular flexibility index (Phi) is 38.1. The third kappa shape index (κ3) is 39.9. The maximum absolute atomic E-state index is 12.6. The minimum Gasteiger partial charge on any atom is -0.462 e. The second-order valence-electron chi connectivity index (χ2n) is 14.9. The highest BCUT2D eigenvalue weighted by atomic mass is 31.2. The zero-order chi connectivity index (χ0) is 39.8. The summed E-state index contributed by atoms with van der Waals surface area (Å²) in [6, 6.07) is 0. The number of phosphoric acid groups is 1. The van der Waals surface area contributed by atoms with Crippen molar-refractivity contribution in [2.75, 3.05) is 19.8 Å². The number of hydrogen-bond donors (Lipinski definition) is 1. The SMILES string of the molecule is CCCCCCCC/C=C/CCCCCCCC(=O)OCC(COP(=O)(O)OCCCC(C)=O)OC(=O)CCCCCCC/C=C/CCCCCCCC. The molecule has 0 heterocycles. The van der Waals surface area contributed by atoms with E-state index >= 15 is 0 Å². The van der Waals surface area contributed by atoms with Crippen molar-refractivity contribution in [2.24, 2.45) is 0 Å². The quantitative estimate of drug-likeness (QED) is 0.0279. The van der Waals surface area contributed by atoms with Gasteiger partial charge in [0, 0.05) is 19.3 Å². The van der Waals surface area contributed by atoms with Gasteiger partial charge in [-0.05, 0) is 77.6 Å². The summed E-state index contributed by atoms with van der Waals surface area (Å²) in [6.07, 6.45) is 39.4. The minimum atomic E-state index is -4.45. The second kappa shape index (κ2) is 39.4. The fraction of sp³-hybridized carbons (Fsp3) is 0.841. The molecule has 2 unspecified atom stereocenters. The standard InChI is InChI=1S/C44H81O9P/c1-4-6-8-10-12-14-16-18-20-22-24-26-28-30-32-36-43(46)50-39-42(40-52-54(48,49)51-38-34-35-41(3)45)53-44(47)37-33-31-29-27-25-23-21-19-17-15-13-11-9-7-5-2/h18-21,42H,4-17,22-40H2,1-3H3,(H,48,49)/b20-18+,21-19+. The van der Waals surface area contributed by atoms with E-state index < -0.39 is 32.5 Å². The topological polar surface area (TPSA) is 125 Å². The van der Waals surface area contributed by atoms with E-state index in [1.165, 1.54) is 96.8 Å². The van der Waals surface area contributed by atoms with Crippen LogP contribution in [0.2, 0.25) is 0 Å². The first-order chi connectivity index (χ1) is 26.2. The van der Waals surface area contributed by atoms with Gasteiger partial charge in [-0.25, -0.2) is 4.57 Å². The van der Waals surface area contributed by atoms with E-state index in [0.29, 0.717) is 12.8 Å². The summed E-state index contributed by atoms with van der Waals surface area (Å²) in [5.74, 6) is -0.919. The number of ketones is 1. The summed E-state index contributed by atoms with van der Waals surface area (Å²) >= 11 is 0. The smallest absolute Gasteiger partial charge is 0.462 e. The summed E-state index contributed by atoms with van der Waals surface area (Å²) in [5, 5.41) is 0. The molecule has 0 saturated heterocycles. The van der Waals surface area contributed by atoms with Crippen LogP contribution in [0.4, 0.5) is 0 Å². The average molecular weight is 785 g/mol. The highest BCUT2D eigenvalue weighted by molar-refractivity contribution is 7.47. The Balaban J connectivity index is 4.36. The molecule has 0 aromatic carbocycles. The number of esters is 2. The lowest BCUT2D eigenvalue weighted by atomic mass is 10.1. The van der Waals surface area contributed by atoms with Gasteiger partial charge in [0.1, 0.15) is 12.4 Å². The van der Waals surface area contributed by atoms with Gasteiger partial charge in [0.25, 0.3) is 0 Å². The molecule has 10 heteroatoms. The fourth-order valence-electron chi connectivity index (χ4n) is 6.01. The van der Waals surface area contributed by atoms with Crippen LogP contribution in [0.15, 0.2) is 24.3 Å². The molecule has 0 aliphatic rings. The highest BCUT2D eigenvalue weighted by Crippen LogP contribution is 2.43. The first kappa shape index (κ1) is 52.2. The van der Waals surface area contributed by atoms with Gasteiger partial charge >= 0.3 is 19.8 Å². The van der Waals surface area contributed by atoms with Gasteiger partial charge in [-0.3, -0.25) is 18.6 Å². The number of carbonyl (C=O) groups is 3. The van der Waals surface area contributed by atoms with Gasteiger partial charge in [0.2, 0.25) is 0 Å². The molecule has 0 saturated carbocycles. The van der Waals surface area contributed by atoms with E-state index in [-0.39, 0.29) is 44.7 Å². The number of rotatable bonds is 41. The van der Waals surface area contributed by atoms with Crippen LogP contribution in [-0.4, -0.2) is 48.5 Å². The maximum Gasteiger partial charge on any atom is 0.472 e. The van der Waals surface area contributed by atoms with Crippen molar-refractivity contribution in [2.45, 2.75) is 219 Å². The zero-order valence-electron chi connectivity index (χ0n) is 34.9. The molecule has 0 aliphatic heterocycles. The van der Waals surface area contributed by atoms with Gasteiger partial charge < -0.3 is 19.2 Å². The number of phosphoric ester groups is 1. The Morgan fingerprint density at radius 1 is 0.519 bits per heavy atom. The molecule has 316 valence electrons. The number of Topliss-reactive ketones (excluding diaryl/α,β-unsaturated/α-hetero) is 1. The molecule has 0 spiro atoms. The van der Waals surface area contributed by atoms with Gasteiger partial charge in [-0.1, -0.05) is 141 Å². The molecule has 54 heavy (non-hydrogen) atoms. The third-order valence-corrected chi connectivity index (χ3v) is 10.3. The predicted molar refractivity (Wildman–Crippen MR) is 221 cm³/mol. The first-order valence-electron chi connectivity index (χ1n) is 22.0. The Hall–Kier alpha value is -1.80. The van der Waals surface area contributed by atoms with Crippen LogP contribution < -0.4 is 0 Å². The van der Waals surface area contributed by atoms with Crippen LogP contribution in [0.25, 0.3) is 0 Å². The van der Waals surface area contributed by atoms with Crippen LogP contribution in [0.1, 0.15) is 213 Å². The number of carbonyl (C=O) groups excluding carboxylic acids is 3. The van der Waals surface area contributed by atoms with Crippen LogP contribution in [-0.2, 0) is 37.5 Å². The molecular weight excluding hydrogens is 703 g/mol. The van der Waals surface area contributed by atoms with Gasteiger partial charge in [0.15, 0.2) is 6.10 Å². The average Bonchev–Trinajstić information content (AvgIpc) is 3.14. The van der Waals surface area contributed by atoms with E-state index in [9.17, 15) is 23.8 Å². The molecule has 0 aromatic heterocycles. The lowest BCUT2D eigenvalue weighted by molar-refractivity contribution is -0.161. The van der Waals surface area contributed by atoms with Crippen molar-refractivity contribution in [3.8, 4) is 0 Å². The number of ether oxygens (including phenoxy) is 2. The van der Waals surface area contributed by atoms with E-state index in [4.69, 9.17) is 18.5 Å². The Morgan fingerprint density at radius 3 is 1.37 bits per heavy atom. The zero-order valence-corrected chi connectivity index (χ0v) is 35.8. The summed E-state index contributed by atoms with van der Waals surface area (Å²) in [4.78, 5) is 46.3. The van der Waals surface area contributed by atoms with Crippen molar-refractivity contribution < 1.29 is 42.4 Å². The molecule has 0 bridgehead atoms. The van der Waals surface area contributed by atoms with Crippen LogP contribution >= 0.6 is 7.82 Å². The van der Waals surface area contributed by atoms with Crippen LogP contribution in [0, 0.1) is 0 Å². The molecule has 9 nitrogen and oxygen atoms in total. The molecule has 0 aliphatic carbocycles. The molecule has 1 N–H and O–H groups in total. The van der Waals surface area contributed by atoms with Gasteiger partial charge in [-0.15, -0.1) is 0 Å². The van der Waals surface area contributed by atoms with E-state index in [1.807, 2.05) is 0 Å². The summed E-state index contributed by atoms with van der Waals surface area (Å²) in [5.41, 5.74) is 0. The largest absolute Gasteiger partial charge is 0.472 e. The van der Waals surface area contributed by atoms with Gasteiger partial charge in [0.05, 0.1) is 13.2 Å². The number of allylic oxidation sites excluding steroid dienone is 4. The summed E-state index contributed by atoms with van der Waals surface area (Å²) in [6.45, 7) is 5.07. The van der Waals surface area contributed by atoms with Crippen LogP contribution in [0.5, 0.6) is 0 Å².